The van der Waals surface area contributed by atoms with Crippen LogP contribution in [-0.4, -0.2) is 42.5 Å². The molecule has 0 spiro atoms. The first-order chi connectivity index (χ1) is 21.6. The Morgan fingerprint density at radius 3 is 1.89 bits per heavy atom. The molecule has 6 heteroatoms. The number of amides is 2. The van der Waals surface area contributed by atoms with Crippen molar-refractivity contribution >= 4 is 17.7 Å². The first kappa shape index (κ1) is 30.6. The Bertz CT molecular complexity index is 1590. The minimum absolute atomic E-state index is 0.118. The van der Waals surface area contributed by atoms with Crippen LogP contribution in [0.1, 0.15) is 66.6 Å². The maximum Gasteiger partial charge on any atom is 0.417 e. The number of fused-ring (bicyclic) bond motifs is 1. The third-order valence-electron chi connectivity index (χ3n) is 9.29. The SMILES string of the molecule is CN(C)[C@H]1c2ccc(N(Cc3ccccc3)Cc3ccccc3)cc2[C@H](C(C)(C)C)[C@H]1C(=O)N1C(=O)OC[C@@H]1c1ccccc1. The maximum atomic E-state index is 14.8. The van der Waals surface area contributed by atoms with Gasteiger partial charge in [-0.1, -0.05) is 118 Å². The van der Waals surface area contributed by atoms with Gasteiger partial charge < -0.3 is 14.5 Å². The molecule has 232 valence electrons. The van der Waals surface area contributed by atoms with E-state index in [1.807, 2.05) is 56.6 Å². The monoisotopic (exact) mass is 601 g/mol. The smallest absolute Gasteiger partial charge is 0.417 e. The fourth-order valence-electron chi connectivity index (χ4n) is 7.34. The summed E-state index contributed by atoms with van der Waals surface area (Å²) in [4.78, 5) is 33.9. The summed E-state index contributed by atoms with van der Waals surface area (Å²) in [5.74, 6) is -0.751. The Morgan fingerprint density at radius 1 is 0.800 bits per heavy atom. The number of hydrogen-bond donors (Lipinski definition) is 0. The molecule has 2 aliphatic rings. The van der Waals surface area contributed by atoms with Crippen molar-refractivity contribution in [3.8, 4) is 0 Å². The number of hydrogen-bond acceptors (Lipinski definition) is 5. The number of imide groups is 1. The van der Waals surface area contributed by atoms with Crippen molar-refractivity contribution in [2.24, 2.45) is 11.3 Å². The molecule has 0 saturated carbocycles. The zero-order valence-electron chi connectivity index (χ0n) is 26.9. The molecule has 1 heterocycles. The highest BCUT2D eigenvalue weighted by molar-refractivity contribution is 5.96. The molecule has 1 aliphatic heterocycles. The Kier molecular flexibility index (Phi) is 8.52. The standard InChI is InChI=1S/C39H43N3O3/c1-39(2,3)35-32-23-30(41(24-27-15-9-6-10-16-27)25-28-17-11-7-12-18-28)21-22-31(32)36(40(4)5)34(35)37(43)42-33(26-45-38(42)44)29-19-13-8-14-20-29/h6-23,33-36H,24-26H2,1-5H3/t33-,34-,35+,36+/m1/s1. The van der Waals surface area contributed by atoms with E-state index < -0.39 is 18.1 Å². The molecule has 6 nitrogen and oxygen atoms in total. The molecule has 6 rings (SSSR count). The van der Waals surface area contributed by atoms with Crippen LogP contribution >= 0.6 is 0 Å². The summed E-state index contributed by atoms with van der Waals surface area (Å²) in [6, 6.07) is 36.9. The predicted octanol–water partition coefficient (Wildman–Crippen LogP) is 7.98. The van der Waals surface area contributed by atoms with Crippen LogP contribution in [-0.2, 0) is 22.6 Å². The van der Waals surface area contributed by atoms with Crippen LogP contribution in [0, 0.1) is 11.3 Å². The Hall–Kier alpha value is -4.42. The van der Waals surface area contributed by atoms with Crippen LogP contribution in [0.5, 0.6) is 0 Å². The molecular formula is C39H43N3O3. The van der Waals surface area contributed by atoms with Crippen molar-refractivity contribution < 1.29 is 14.3 Å². The third-order valence-corrected chi connectivity index (χ3v) is 9.29. The molecule has 4 atom stereocenters. The van der Waals surface area contributed by atoms with Crippen LogP contribution in [0.25, 0.3) is 0 Å². The number of rotatable bonds is 8. The topological polar surface area (TPSA) is 53.1 Å². The molecular weight excluding hydrogens is 558 g/mol. The van der Waals surface area contributed by atoms with Gasteiger partial charge in [0.15, 0.2) is 0 Å². The maximum absolute atomic E-state index is 14.8. The Labute approximate surface area is 267 Å². The highest BCUT2D eigenvalue weighted by atomic mass is 16.6. The number of cyclic esters (lactones) is 1. The van der Waals surface area contributed by atoms with Gasteiger partial charge in [-0.2, -0.15) is 0 Å². The average molecular weight is 602 g/mol. The van der Waals surface area contributed by atoms with E-state index in [1.54, 1.807) is 0 Å². The van der Waals surface area contributed by atoms with Crippen molar-refractivity contribution in [3.63, 3.8) is 0 Å². The van der Waals surface area contributed by atoms with Gasteiger partial charge in [-0.25, -0.2) is 9.69 Å². The highest BCUT2D eigenvalue weighted by Crippen LogP contribution is 2.56. The van der Waals surface area contributed by atoms with E-state index in [2.05, 4.69) is 97.3 Å². The molecule has 2 amide bonds. The highest BCUT2D eigenvalue weighted by Gasteiger charge is 2.54. The Balaban J connectivity index is 1.42. The number of carbonyl (C=O) groups excluding carboxylic acids is 2. The normalized spacial score (nSPS) is 21.1. The number of carbonyl (C=O) groups is 2. The van der Waals surface area contributed by atoms with Gasteiger partial charge in [-0.05, 0) is 59.5 Å². The zero-order valence-corrected chi connectivity index (χ0v) is 26.9. The molecule has 0 aromatic heterocycles. The average Bonchev–Trinajstić information content (AvgIpc) is 3.60. The lowest BCUT2D eigenvalue weighted by Gasteiger charge is -2.37. The molecule has 0 unspecified atom stereocenters. The number of ether oxygens (including phenoxy) is 1. The number of anilines is 1. The minimum Gasteiger partial charge on any atom is -0.446 e. The summed E-state index contributed by atoms with van der Waals surface area (Å²) in [5, 5.41) is 0. The fourth-order valence-corrected chi connectivity index (χ4v) is 7.34. The second-order valence-electron chi connectivity index (χ2n) is 13.6. The van der Waals surface area contributed by atoms with Crippen LogP contribution in [0.4, 0.5) is 10.5 Å². The summed E-state index contributed by atoms with van der Waals surface area (Å²) >= 11 is 0. The van der Waals surface area contributed by atoms with Gasteiger partial charge in [0, 0.05) is 30.7 Å². The van der Waals surface area contributed by atoms with Crippen molar-refractivity contribution in [3.05, 3.63) is 137 Å². The summed E-state index contributed by atoms with van der Waals surface area (Å²) in [6.45, 7) is 8.29. The third kappa shape index (κ3) is 6.12. The van der Waals surface area contributed by atoms with Crippen molar-refractivity contribution in [1.29, 1.82) is 0 Å². The van der Waals surface area contributed by atoms with Gasteiger partial charge in [0.2, 0.25) is 5.91 Å². The largest absolute Gasteiger partial charge is 0.446 e. The van der Waals surface area contributed by atoms with E-state index in [-0.39, 0.29) is 29.9 Å². The van der Waals surface area contributed by atoms with Gasteiger partial charge in [-0.3, -0.25) is 4.79 Å². The lowest BCUT2D eigenvalue weighted by Crippen LogP contribution is -2.45. The molecule has 1 aliphatic carbocycles. The molecule has 1 fully saturated rings. The van der Waals surface area contributed by atoms with Crippen molar-refractivity contribution in [1.82, 2.24) is 9.80 Å². The van der Waals surface area contributed by atoms with E-state index in [4.69, 9.17) is 4.74 Å². The quantitative estimate of drug-likeness (QED) is 0.205. The van der Waals surface area contributed by atoms with Crippen LogP contribution in [0.2, 0.25) is 0 Å². The molecule has 0 radical (unpaired) electrons. The summed E-state index contributed by atoms with van der Waals surface area (Å²) in [5.41, 5.74) is 6.55. The van der Waals surface area contributed by atoms with E-state index >= 15 is 0 Å². The lowest BCUT2D eigenvalue weighted by molar-refractivity contribution is -0.137. The Morgan fingerprint density at radius 2 is 1.36 bits per heavy atom. The van der Waals surface area contributed by atoms with Crippen LogP contribution in [0.15, 0.2) is 109 Å². The first-order valence-corrected chi connectivity index (χ1v) is 15.8. The van der Waals surface area contributed by atoms with E-state index in [1.165, 1.54) is 21.6 Å². The van der Waals surface area contributed by atoms with E-state index in [0.717, 1.165) is 29.9 Å². The van der Waals surface area contributed by atoms with Gasteiger partial charge in [-0.15, -0.1) is 0 Å². The van der Waals surface area contributed by atoms with Crippen LogP contribution in [0.3, 0.4) is 0 Å². The second-order valence-corrected chi connectivity index (χ2v) is 13.6. The lowest BCUT2D eigenvalue weighted by atomic mass is 9.71. The van der Waals surface area contributed by atoms with E-state index in [9.17, 15) is 9.59 Å². The summed E-state index contributed by atoms with van der Waals surface area (Å²) < 4.78 is 5.52. The molecule has 1 saturated heterocycles. The fraction of sp³-hybridized carbons (Fsp3) is 0.333. The summed E-state index contributed by atoms with van der Waals surface area (Å²) in [6.07, 6.45) is -0.562. The van der Waals surface area contributed by atoms with Crippen molar-refractivity contribution in [2.45, 2.75) is 51.9 Å². The van der Waals surface area contributed by atoms with Gasteiger partial charge in [0.1, 0.15) is 12.6 Å². The van der Waals surface area contributed by atoms with E-state index in [0.29, 0.717) is 0 Å². The first-order valence-electron chi connectivity index (χ1n) is 15.8. The van der Waals surface area contributed by atoms with Crippen molar-refractivity contribution in [2.75, 3.05) is 25.6 Å². The second kappa shape index (κ2) is 12.5. The minimum atomic E-state index is -0.562. The molecule has 4 aromatic rings. The van der Waals surface area contributed by atoms with Gasteiger partial charge in [0.05, 0.1) is 5.92 Å². The molecule has 0 bridgehead atoms. The van der Waals surface area contributed by atoms with Crippen LogP contribution < -0.4 is 4.90 Å². The molecule has 4 aromatic carbocycles. The zero-order chi connectivity index (χ0) is 31.7. The molecule has 0 N–H and O–H groups in total. The van der Waals surface area contributed by atoms with Gasteiger partial charge in [0.25, 0.3) is 0 Å². The molecule has 45 heavy (non-hydrogen) atoms. The predicted molar refractivity (Wildman–Crippen MR) is 179 cm³/mol. The summed E-state index contributed by atoms with van der Waals surface area (Å²) in [7, 11) is 4.06. The number of benzene rings is 4. The van der Waals surface area contributed by atoms with Gasteiger partial charge >= 0.3 is 6.09 Å². The number of nitrogens with zero attached hydrogens (tertiary/aromatic N) is 3.